The van der Waals surface area contributed by atoms with Gasteiger partial charge in [0.1, 0.15) is 6.61 Å². The minimum Gasteiger partial charge on any atom is -0.478 e. The van der Waals surface area contributed by atoms with Gasteiger partial charge in [-0.3, -0.25) is 0 Å². The molecule has 1 aromatic carbocycles. The third-order valence-corrected chi connectivity index (χ3v) is 2.23. The molecule has 0 amide bonds. The topological polar surface area (TPSA) is 66.8 Å². The Balaban J connectivity index is 2.30. The van der Waals surface area contributed by atoms with Crippen LogP contribution in [0.1, 0.15) is 0 Å². The molecule has 0 aromatic heterocycles. The zero-order valence-electron chi connectivity index (χ0n) is 10.1. The number of likely N-dealkylation sites (N-methyl/N-ethyl adjacent to an activating group) is 1. The standard InChI is InChI=1S/C13H15NO4/c1-14(11-5-3-2-4-6-11)9-10-18-13(17)8-7-12(15)16/h2-8H,9-10H2,1H3,(H,15,16). The molecule has 0 atom stereocenters. The number of hydrogen-bond donors (Lipinski definition) is 1. The lowest BCUT2D eigenvalue weighted by molar-refractivity contribution is -0.138. The van der Waals surface area contributed by atoms with Crippen molar-refractivity contribution in [1.82, 2.24) is 0 Å². The lowest BCUT2D eigenvalue weighted by Gasteiger charge is -2.18. The molecule has 96 valence electrons. The van der Waals surface area contributed by atoms with Crippen LogP contribution in [0.15, 0.2) is 42.5 Å². The zero-order chi connectivity index (χ0) is 13.4. The van der Waals surface area contributed by atoms with Gasteiger partial charge in [0.2, 0.25) is 0 Å². The molecule has 5 heteroatoms. The fourth-order valence-electron chi connectivity index (χ4n) is 1.28. The largest absolute Gasteiger partial charge is 0.478 e. The van der Waals surface area contributed by atoms with Gasteiger partial charge < -0.3 is 14.7 Å². The first kappa shape index (κ1) is 13.8. The Bertz CT molecular complexity index is 428. The molecule has 0 aliphatic rings. The van der Waals surface area contributed by atoms with Crippen LogP contribution in [0, 0.1) is 0 Å². The van der Waals surface area contributed by atoms with Crippen molar-refractivity contribution in [3.63, 3.8) is 0 Å². The Labute approximate surface area is 105 Å². The Kier molecular flexibility index (Phi) is 5.44. The third-order valence-electron chi connectivity index (χ3n) is 2.23. The number of anilines is 1. The van der Waals surface area contributed by atoms with E-state index in [4.69, 9.17) is 9.84 Å². The molecule has 0 bridgehead atoms. The van der Waals surface area contributed by atoms with Crippen molar-refractivity contribution in [3.05, 3.63) is 42.5 Å². The van der Waals surface area contributed by atoms with E-state index < -0.39 is 11.9 Å². The smallest absolute Gasteiger partial charge is 0.331 e. The van der Waals surface area contributed by atoms with Gasteiger partial charge in [0.25, 0.3) is 0 Å². The number of esters is 1. The molecule has 0 spiro atoms. The summed E-state index contributed by atoms with van der Waals surface area (Å²) in [5.41, 5.74) is 1.02. The van der Waals surface area contributed by atoms with E-state index in [1.54, 1.807) is 0 Å². The summed E-state index contributed by atoms with van der Waals surface area (Å²) in [5, 5.41) is 8.32. The number of benzene rings is 1. The quantitative estimate of drug-likeness (QED) is 0.608. The highest BCUT2D eigenvalue weighted by Gasteiger charge is 2.02. The van der Waals surface area contributed by atoms with Gasteiger partial charge in [-0.05, 0) is 12.1 Å². The molecule has 1 rings (SSSR count). The molecule has 0 aliphatic heterocycles. The van der Waals surface area contributed by atoms with Gasteiger partial charge in [0.15, 0.2) is 0 Å². The summed E-state index contributed by atoms with van der Waals surface area (Å²) in [6, 6.07) is 9.67. The van der Waals surface area contributed by atoms with E-state index >= 15 is 0 Å². The van der Waals surface area contributed by atoms with E-state index in [1.807, 2.05) is 42.3 Å². The molecule has 0 aliphatic carbocycles. The maximum atomic E-state index is 11.1. The molecule has 0 saturated carbocycles. The van der Waals surface area contributed by atoms with Gasteiger partial charge >= 0.3 is 11.9 Å². The number of carboxylic acids is 1. The van der Waals surface area contributed by atoms with Crippen LogP contribution in [0.2, 0.25) is 0 Å². The van der Waals surface area contributed by atoms with E-state index in [0.717, 1.165) is 17.8 Å². The summed E-state index contributed by atoms with van der Waals surface area (Å²) in [6.07, 6.45) is 1.65. The summed E-state index contributed by atoms with van der Waals surface area (Å²) in [5.74, 6) is -1.83. The first-order chi connectivity index (χ1) is 8.59. The SMILES string of the molecule is CN(CCOC(=O)C=CC(=O)O)c1ccccc1. The number of para-hydroxylation sites is 1. The highest BCUT2D eigenvalue weighted by atomic mass is 16.5. The Hall–Kier alpha value is -2.30. The number of aliphatic carboxylic acids is 1. The van der Waals surface area contributed by atoms with Gasteiger partial charge in [-0.25, -0.2) is 9.59 Å². The van der Waals surface area contributed by atoms with Crippen LogP contribution in [-0.4, -0.2) is 37.2 Å². The predicted molar refractivity (Wildman–Crippen MR) is 67.4 cm³/mol. The number of carboxylic acid groups (broad SMARTS) is 1. The maximum absolute atomic E-state index is 11.1. The molecule has 0 radical (unpaired) electrons. The van der Waals surface area contributed by atoms with Crippen molar-refractivity contribution in [3.8, 4) is 0 Å². The van der Waals surface area contributed by atoms with Gasteiger partial charge in [0, 0.05) is 24.9 Å². The van der Waals surface area contributed by atoms with E-state index in [1.165, 1.54) is 0 Å². The fraction of sp³-hybridized carbons (Fsp3) is 0.231. The van der Waals surface area contributed by atoms with Crippen molar-refractivity contribution in [2.45, 2.75) is 0 Å². The molecule has 5 nitrogen and oxygen atoms in total. The molecule has 1 aromatic rings. The van der Waals surface area contributed by atoms with Gasteiger partial charge in [-0.1, -0.05) is 18.2 Å². The minimum atomic E-state index is -1.17. The van der Waals surface area contributed by atoms with E-state index in [2.05, 4.69) is 0 Å². The van der Waals surface area contributed by atoms with Crippen LogP contribution in [0.25, 0.3) is 0 Å². The highest BCUT2D eigenvalue weighted by molar-refractivity contribution is 5.90. The second-order valence-corrected chi connectivity index (χ2v) is 3.60. The second-order valence-electron chi connectivity index (χ2n) is 3.60. The Morgan fingerprint density at radius 1 is 1.28 bits per heavy atom. The van der Waals surface area contributed by atoms with E-state index in [9.17, 15) is 9.59 Å². The van der Waals surface area contributed by atoms with Crippen molar-refractivity contribution >= 4 is 17.6 Å². The fourth-order valence-corrected chi connectivity index (χ4v) is 1.28. The van der Waals surface area contributed by atoms with Gasteiger partial charge in [-0.15, -0.1) is 0 Å². The summed E-state index contributed by atoms with van der Waals surface area (Å²) in [4.78, 5) is 23.2. The van der Waals surface area contributed by atoms with Gasteiger partial charge in [-0.2, -0.15) is 0 Å². The predicted octanol–water partition coefficient (Wildman–Crippen LogP) is 1.31. The van der Waals surface area contributed by atoms with Crippen LogP contribution >= 0.6 is 0 Å². The Morgan fingerprint density at radius 2 is 1.94 bits per heavy atom. The first-order valence-corrected chi connectivity index (χ1v) is 5.43. The Morgan fingerprint density at radius 3 is 2.56 bits per heavy atom. The summed E-state index contributed by atoms with van der Waals surface area (Å²) >= 11 is 0. The monoisotopic (exact) mass is 249 g/mol. The number of carbonyl (C=O) groups is 2. The zero-order valence-corrected chi connectivity index (χ0v) is 10.1. The molecular weight excluding hydrogens is 234 g/mol. The second kappa shape index (κ2) is 7.11. The average Bonchev–Trinajstić information content (AvgIpc) is 2.37. The van der Waals surface area contributed by atoms with Crippen LogP contribution in [0.5, 0.6) is 0 Å². The van der Waals surface area contributed by atoms with Crippen molar-refractivity contribution in [1.29, 1.82) is 0 Å². The van der Waals surface area contributed by atoms with Crippen LogP contribution in [0.3, 0.4) is 0 Å². The molecule has 0 saturated heterocycles. The van der Waals surface area contributed by atoms with Crippen molar-refractivity contribution in [2.24, 2.45) is 0 Å². The first-order valence-electron chi connectivity index (χ1n) is 5.43. The minimum absolute atomic E-state index is 0.203. The van der Waals surface area contributed by atoms with Crippen LogP contribution in [-0.2, 0) is 14.3 Å². The molecule has 0 unspecified atom stereocenters. The molecule has 0 heterocycles. The van der Waals surface area contributed by atoms with Crippen LogP contribution < -0.4 is 4.90 Å². The highest BCUT2D eigenvalue weighted by Crippen LogP contribution is 2.09. The normalized spacial score (nSPS) is 10.3. The van der Waals surface area contributed by atoms with Crippen molar-refractivity contribution < 1.29 is 19.4 Å². The van der Waals surface area contributed by atoms with Gasteiger partial charge in [0.05, 0.1) is 6.54 Å². The maximum Gasteiger partial charge on any atom is 0.331 e. The van der Waals surface area contributed by atoms with E-state index in [0.29, 0.717) is 6.54 Å². The lowest BCUT2D eigenvalue weighted by Crippen LogP contribution is -2.23. The summed E-state index contributed by atoms with van der Waals surface area (Å²) in [7, 11) is 1.89. The summed E-state index contributed by atoms with van der Waals surface area (Å²) in [6.45, 7) is 0.741. The number of rotatable bonds is 6. The lowest BCUT2D eigenvalue weighted by atomic mass is 10.3. The number of nitrogens with zero attached hydrogens (tertiary/aromatic N) is 1. The van der Waals surface area contributed by atoms with Crippen molar-refractivity contribution in [2.75, 3.05) is 25.1 Å². The molecule has 0 fully saturated rings. The number of carbonyl (C=O) groups excluding carboxylic acids is 1. The molecule has 18 heavy (non-hydrogen) atoms. The van der Waals surface area contributed by atoms with Crippen LogP contribution in [0.4, 0.5) is 5.69 Å². The average molecular weight is 249 g/mol. The molecular formula is C13H15NO4. The van der Waals surface area contributed by atoms with E-state index in [-0.39, 0.29) is 6.61 Å². The molecule has 1 N–H and O–H groups in total. The number of hydrogen-bond acceptors (Lipinski definition) is 4. The summed E-state index contributed by atoms with van der Waals surface area (Å²) < 4.78 is 4.85. The third kappa shape index (κ3) is 5.16. The number of ether oxygens (including phenoxy) is 1.